The Balaban J connectivity index is 1.65. The standard InChI is InChI=1S/C17H21FN4O4/c1-25-14-8-11(18)2-3-12(14)20-16(24)9-15-19-10-13(23)17(21-15)22-4-6-26-7-5-22/h2-3,8,15,19H,4-7,9-10H2,1H3,(H,20,24). The first kappa shape index (κ1) is 18.3. The first-order valence-electron chi connectivity index (χ1n) is 8.37. The van der Waals surface area contributed by atoms with E-state index in [1.807, 2.05) is 4.90 Å². The van der Waals surface area contributed by atoms with Crippen molar-refractivity contribution in [2.75, 3.05) is 45.3 Å². The van der Waals surface area contributed by atoms with Gasteiger partial charge in [0.05, 0.1) is 39.0 Å². The molecular weight excluding hydrogens is 343 g/mol. The third kappa shape index (κ3) is 4.36. The Kier molecular flexibility index (Phi) is 5.79. The van der Waals surface area contributed by atoms with E-state index in [-0.39, 0.29) is 30.4 Å². The number of amidine groups is 1. The number of anilines is 1. The lowest BCUT2D eigenvalue weighted by Crippen LogP contribution is -2.52. The molecule has 1 fully saturated rings. The Morgan fingerprint density at radius 1 is 1.46 bits per heavy atom. The molecule has 0 saturated carbocycles. The van der Waals surface area contributed by atoms with Gasteiger partial charge in [0.1, 0.15) is 17.7 Å². The van der Waals surface area contributed by atoms with Gasteiger partial charge in [-0.05, 0) is 12.1 Å². The van der Waals surface area contributed by atoms with Gasteiger partial charge in [0.25, 0.3) is 0 Å². The Morgan fingerprint density at radius 3 is 2.96 bits per heavy atom. The molecule has 2 heterocycles. The predicted molar refractivity (Wildman–Crippen MR) is 92.8 cm³/mol. The second-order valence-electron chi connectivity index (χ2n) is 5.97. The molecule has 1 aromatic rings. The van der Waals surface area contributed by atoms with Crippen molar-refractivity contribution < 1.29 is 23.5 Å². The molecule has 0 radical (unpaired) electrons. The Hall–Kier alpha value is -2.52. The van der Waals surface area contributed by atoms with Gasteiger partial charge in [-0.25, -0.2) is 9.38 Å². The lowest BCUT2D eigenvalue weighted by molar-refractivity contribution is -0.118. The average molecular weight is 364 g/mol. The molecule has 1 aromatic carbocycles. The second kappa shape index (κ2) is 8.24. The number of benzene rings is 1. The van der Waals surface area contributed by atoms with Crippen molar-refractivity contribution in [3.05, 3.63) is 24.0 Å². The number of amides is 1. The number of morpholine rings is 1. The molecule has 1 amide bonds. The molecular formula is C17H21FN4O4. The molecule has 3 rings (SSSR count). The number of aliphatic imine (C=N–C) groups is 1. The maximum Gasteiger partial charge on any atom is 0.227 e. The number of rotatable bonds is 4. The fourth-order valence-electron chi connectivity index (χ4n) is 2.85. The lowest BCUT2D eigenvalue weighted by Gasteiger charge is -2.32. The van der Waals surface area contributed by atoms with Gasteiger partial charge in [-0.1, -0.05) is 0 Å². The maximum atomic E-state index is 13.2. The van der Waals surface area contributed by atoms with E-state index in [0.29, 0.717) is 37.8 Å². The number of hydrogen-bond acceptors (Lipinski definition) is 7. The summed E-state index contributed by atoms with van der Waals surface area (Å²) in [6, 6.07) is 3.87. The van der Waals surface area contributed by atoms with Crippen molar-refractivity contribution in [1.82, 2.24) is 10.2 Å². The van der Waals surface area contributed by atoms with E-state index in [2.05, 4.69) is 15.6 Å². The highest BCUT2D eigenvalue weighted by molar-refractivity contribution is 6.40. The van der Waals surface area contributed by atoms with Gasteiger partial charge >= 0.3 is 0 Å². The second-order valence-corrected chi connectivity index (χ2v) is 5.97. The number of hydrogen-bond donors (Lipinski definition) is 2. The van der Waals surface area contributed by atoms with Crippen molar-refractivity contribution in [3.63, 3.8) is 0 Å². The minimum absolute atomic E-state index is 0.0433. The number of halogens is 1. The van der Waals surface area contributed by atoms with Crippen LogP contribution in [0.15, 0.2) is 23.2 Å². The van der Waals surface area contributed by atoms with E-state index >= 15 is 0 Å². The highest BCUT2D eigenvalue weighted by Crippen LogP contribution is 2.25. The van der Waals surface area contributed by atoms with Crippen LogP contribution in [0.2, 0.25) is 0 Å². The molecule has 2 N–H and O–H groups in total. The maximum absolute atomic E-state index is 13.2. The van der Waals surface area contributed by atoms with Crippen molar-refractivity contribution in [3.8, 4) is 5.75 Å². The first-order valence-corrected chi connectivity index (χ1v) is 8.37. The van der Waals surface area contributed by atoms with E-state index in [9.17, 15) is 14.0 Å². The van der Waals surface area contributed by atoms with Gasteiger partial charge < -0.3 is 19.7 Å². The minimum atomic E-state index is -0.503. The quantitative estimate of drug-likeness (QED) is 0.803. The number of ether oxygens (including phenoxy) is 2. The Morgan fingerprint density at radius 2 is 2.23 bits per heavy atom. The molecule has 1 atom stereocenters. The molecule has 2 aliphatic rings. The third-order valence-corrected chi connectivity index (χ3v) is 4.15. The van der Waals surface area contributed by atoms with E-state index in [4.69, 9.17) is 9.47 Å². The summed E-state index contributed by atoms with van der Waals surface area (Å²) in [7, 11) is 1.40. The molecule has 26 heavy (non-hydrogen) atoms. The van der Waals surface area contributed by atoms with E-state index in [1.54, 1.807) is 0 Å². The molecule has 0 aromatic heterocycles. The van der Waals surface area contributed by atoms with Crippen molar-refractivity contribution in [1.29, 1.82) is 0 Å². The van der Waals surface area contributed by atoms with Gasteiger partial charge in [-0.2, -0.15) is 0 Å². The highest BCUT2D eigenvalue weighted by Gasteiger charge is 2.28. The summed E-state index contributed by atoms with van der Waals surface area (Å²) >= 11 is 0. The first-order chi connectivity index (χ1) is 12.6. The highest BCUT2D eigenvalue weighted by atomic mass is 19.1. The summed E-state index contributed by atoms with van der Waals surface area (Å²) in [5, 5.41) is 5.63. The Labute approximate surface area is 150 Å². The molecule has 1 unspecified atom stereocenters. The summed E-state index contributed by atoms with van der Waals surface area (Å²) in [4.78, 5) is 30.7. The number of ketones is 1. The third-order valence-electron chi connectivity index (χ3n) is 4.15. The zero-order valence-corrected chi connectivity index (χ0v) is 14.5. The summed E-state index contributed by atoms with van der Waals surface area (Å²) in [5.74, 6) is -0.227. The van der Waals surface area contributed by atoms with Gasteiger partial charge in [0.2, 0.25) is 11.7 Å². The summed E-state index contributed by atoms with van der Waals surface area (Å²) < 4.78 is 23.6. The molecule has 0 aliphatic carbocycles. The van der Waals surface area contributed by atoms with Crippen LogP contribution >= 0.6 is 0 Å². The number of nitrogens with one attached hydrogen (secondary N) is 2. The van der Waals surface area contributed by atoms with Crippen LogP contribution in [0.3, 0.4) is 0 Å². The van der Waals surface area contributed by atoms with Crippen LogP contribution in [0.5, 0.6) is 5.75 Å². The Bertz CT molecular complexity index is 719. The number of carbonyl (C=O) groups is 2. The summed E-state index contributed by atoms with van der Waals surface area (Å²) in [5.41, 5.74) is 0.378. The molecule has 0 bridgehead atoms. The van der Waals surface area contributed by atoms with Crippen LogP contribution in [0, 0.1) is 5.82 Å². The van der Waals surface area contributed by atoms with Crippen molar-refractivity contribution in [2.24, 2.45) is 4.99 Å². The smallest absolute Gasteiger partial charge is 0.227 e. The molecule has 8 nitrogen and oxygen atoms in total. The minimum Gasteiger partial charge on any atom is -0.494 e. The number of carbonyl (C=O) groups excluding carboxylic acids is 2. The van der Waals surface area contributed by atoms with Gasteiger partial charge in [0, 0.05) is 19.2 Å². The fourth-order valence-corrected chi connectivity index (χ4v) is 2.85. The topological polar surface area (TPSA) is 92.3 Å². The van der Waals surface area contributed by atoms with E-state index < -0.39 is 12.0 Å². The average Bonchev–Trinajstić information content (AvgIpc) is 2.65. The lowest BCUT2D eigenvalue weighted by atomic mass is 10.2. The largest absolute Gasteiger partial charge is 0.494 e. The predicted octanol–water partition coefficient (Wildman–Crippen LogP) is 0.392. The van der Waals surface area contributed by atoms with Gasteiger partial charge in [0.15, 0.2) is 5.84 Å². The van der Waals surface area contributed by atoms with Crippen LogP contribution in [0.1, 0.15) is 6.42 Å². The van der Waals surface area contributed by atoms with Crippen LogP contribution < -0.4 is 15.4 Å². The van der Waals surface area contributed by atoms with Crippen LogP contribution in [-0.2, 0) is 14.3 Å². The zero-order chi connectivity index (χ0) is 18.5. The molecule has 2 aliphatic heterocycles. The van der Waals surface area contributed by atoms with Crippen LogP contribution in [0.25, 0.3) is 0 Å². The van der Waals surface area contributed by atoms with E-state index in [0.717, 1.165) is 0 Å². The summed E-state index contributed by atoms with van der Waals surface area (Å²) in [6.07, 6.45) is -0.459. The molecule has 140 valence electrons. The monoisotopic (exact) mass is 364 g/mol. The zero-order valence-electron chi connectivity index (χ0n) is 14.5. The summed E-state index contributed by atoms with van der Waals surface area (Å²) in [6.45, 7) is 2.45. The van der Waals surface area contributed by atoms with E-state index in [1.165, 1.54) is 25.3 Å². The number of methoxy groups -OCH3 is 1. The van der Waals surface area contributed by atoms with Gasteiger partial charge in [-0.3, -0.25) is 14.9 Å². The fraction of sp³-hybridized carbons (Fsp3) is 0.471. The normalized spacial score (nSPS) is 20.5. The van der Waals surface area contributed by atoms with Crippen LogP contribution in [-0.4, -0.2) is 68.5 Å². The number of Topliss-reactive ketones (excluding diaryl/α,β-unsaturated/α-hetero) is 1. The van der Waals surface area contributed by atoms with Gasteiger partial charge in [-0.15, -0.1) is 0 Å². The van der Waals surface area contributed by atoms with Crippen molar-refractivity contribution in [2.45, 2.75) is 12.6 Å². The SMILES string of the molecule is COc1cc(F)ccc1NC(=O)CC1N=C(N2CCOCC2)C(=O)CN1. The number of nitrogens with zero attached hydrogens (tertiary/aromatic N) is 2. The molecule has 9 heteroatoms. The molecule has 0 spiro atoms. The van der Waals surface area contributed by atoms with Crippen LogP contribution in [0.4, 0.5) is 10.1 Å². The molecule has 1 saturated heterocycles. The van der Waals surface area contributed by atoms with Crippen molar-refractivity contribution >= 4 is 23.2 Å².